The average molecular weight is 313 g/mol. The number of hydrogen-bond acceptors (Lipinski definition) is 3. The summed E-state index contributed by atoms with van der Waals surface area (Å²) < 4.78 is 6.82. The molecule has 18 heavy (non-hydrogen) atoms. The molecule has 100 valence electrons. The molecule has 0 aromatic heterocycles. The van der Waals surface area contributed by atoms with Crippen LogP contribution in [-0.4, -0.2) is 25.8 Å². The first-order valence-corrected chi connectivity index (χ1v) is 7.32. The van der Waals surface area contributed by atoms with E-state index in [1.165, 1.54) is 5.69 Å². The number of benzene rings is 1. The van der Waals surface area contributed by atoms with Gasteiger partial charge in [0.05, 0.1) is 18.4 Å². The molecule has 3 nitrogen and oxygen atoms in total. The number of morpholine rings is 1. The van der Waals surface area contributed by atoms with E-state index < -0.39 is 0 Å². The van der Waals surface area contributed by atoms with Gasteiger partial charge in [-0.2, -0.15) is 0 Å². The molecular weight excluding hydrogens is 292 g/mol. The minimum absolute atomic E-state index is 0.0726. The number of nitrogens with zero attached hydrogens (tertiary/aromatic N) is 1. The lowest BCUT2D eigenvalue weighted by Crippen LogP contribution is -2.42. The van der Waals surface area contributed by atoms with E-state index in [1.54, 1.807) is 0 Å². The van der Waals surface area contributed by atoms with Gasteiger partial charge in [-0.15, -0.1) is 0 Å². The number of hydrogen-bond donors (Lipinski definition) is 1. The molecule has 1 heterocycles. The molecule has 1 saturated heterocycles. The van der Waals surface area contributed by atoms with Gasteiger partial charge in [-0.1, -0.05) is 13.0 Å². The van der Waals surface area contributed by atoms with Crippen LogP contribution in [0.15, 0.2) is 22.7 Å². The van der Waals surface area contributed by atoms with Crippen LogP contribution in [-0.2, 0) is 4.74 Å². The highest BCUT2D eigenvalue weighted by atomic mass is 79.9. The van der Waals surface area contributed by atoms with Gasteiger partial charge in [-0.3, -0.25) is 0 Å². The van der Waals surface area contributed by atoms with E-state index >= 15 is 0 Å². The fourth-order valence-corrected chi connectivity index (χ4v) is 2.90. The van der Waals surface area contributed by atoms with E-state index in [-0.39, 0.29) is 6.04 Å². The van der Waals surface area contributed by atoms with Crippen molar-refractivity contribution in [1.82, 2.24) is 0 Å². The van der Waals surface area contributed by atoms with Gasteiger partial charge < -0.3 is 15.4 Å². The zero-order chi connectivity index (χ0) is 13.1. The Morgan fingerprint density at radius 1 is 1.56 bits per heavy atom. The summed E-state index contributed by atoms with van der Waals surface area (Å²) in [5.74, 6) is 0. The Kier molecular flexibility index (Phi) is 4.65. The van der Waals surface area contributed by atoms with Gasteiger partial charge in [0.1, 0.15) is 0 Å². The molecule has 1 aliphatic rings. The van der Waals surface area contributed by atoms with Gasteiger partial charge in [0.15, 0.2) is 0 Å². The standard InChI is InChI=1S/C14H21BrN2O/c1-3-12-9-17(6-7-18-12)14-5-4-11(10(2)16)8-13(14)15/h4-5,8,10,12H,3,6-7,9,16H2,1-2H3/t10-,12?/m0/s1. The second-order valence-corrected chi connectivity index (χ2v) is 5.70. The molecule has 1 aromatic rings. The highest BCUT2D eigenvalue weighted by Gasteiger charge is 2.20. The number of nitrogens with two attached hydrogens (primary N) is 1. The third-order valence-electron chi connectivity index (χ3n) is 3.43. The van der Waals surface area contributed by atoms with E-state index in [1.807, 2.05) is 6.92 Å². The third-order valence-corrected chi connectivity index (χ3v) is 4.07. The molecule has 0 bridgehead atoms. The van der Waals surface area contributed by atoms with Gasteiger partial charge in [0.25, 0.3) is 0 Å². The third kappa shape index (κ3) is 3.05. The Bertz CT molecular complexity index is 409. The molecule has 2 rings (SSSR count). The van der Waals surface area contributed by atoms with Crippen LogP contribution >= 0.6 is 15.9 Å². The molecule has 0 amide bonds. The molecule has 0 spiro atoms. The molecule has 1 fully saturated rings. The molecule has 2 atom stereocenters. The normalized spacial score (nSPS) is 22.0. The fourth-order valence-electron chi connectivity index (χ4n) is 2.25. The van der Waals surface area contributed by atoms with Crippen LogP contribution in [0.5, 0.6) is 0 Å². The van der Waals surface area contributed by atoms with Crippen LogP contribution < -0.4 is 10.6 Å². The molecule has 1 aliphatic heterocycles. The molecule has 0 saturated carbocycles. The first kappa shape index (κ1) is 13.8. The van der Waals surface area contributed by atoms with Crippen molar-refractivity contribution >= 4 is 21.6 Å². The van der Waals surface area contributed by atoms with E-state index in [0.717, 1.165) is 36.2 Å². The number of rotatable bonds is 3. The van der Waals surface area contributed by atoms with E-state index in [0.29, 0.717) is 6.10 Å². The predicted molar refractivity (Wildman–Crippen MR) is 79.0 cm³/mol. The first-order valence-electron chi connectivity index (χ1n) is 6.53. The topological polar surface area (TPSA) is 38.5 Å². The molecule has 1 unspecified atom stereocenters. The van der Waals surface area contributed by atoms with E-state index in [4.69, 9.17) is 10.5 Å². The molecule has 0 aliphatic carbocycles. The van der Waals surface area contributed by atoms with Crippen LogP contribution in [0.1, 0.15) is 31.9 Å². The summed E-state index contributed by atoms with van der Waals surface area (Å²) in [6.07, 6.45) is 1.41. The summed E-state index contributed by atoms with van der Waals surface area (Å²) in [5.41, 5.74) is 8.30. The molecule has 0 radical (unpaired) electrons. The van der Waals surface area contributed by atoms with Crippen LogP contribution in [0.25, 0.3) is 0 Å². The van der Waals surface area contributed by atoms with Crippen molar-refractivity contribution in [2.24, 2.45) is 5.73 Å². The highest BCUT2D eigenvalue weighted by molar-refractivity contribution is 9.10. The Balaban J connectivity index is 2.17. The molecule has 2 N–H and O–H groups in total. The van der Waals surface area contributed by atoms with Gasteiger partial charge in [-0.25, -0.2) is 0 Å². The van der Waals surface area contributed by atoms with Crippen LogP contribution in [0.3, 0.4) is 0 Å². The largest absolute Gasteiger partial charge is 0.375 e. The fraction of sp³-hybridized carbons (Fsp3) is 0.571. The van der Waals surface area contributed by atoms with Crippen LogP contribution in [0.2, 0.25) is 0 Å². The monoisotopic (exact) mass is 312 g/mol. The number of ether oxygens (including phenoxy) is 1. The van der Waals surface area contributed by atoms with Crippen molar-refractivity contribution in [3.05, 3.63) is 28.2 Å². The number of halogens is 1. The van der Waals surface area contributed by atoms with Crippen molar-refractivity contribution in [3.8, 4) is 0 Å². The Morgan fingerprint density at radius 3 is 2.94 bits per heavy atom. The summed E-state index contributed by atoms with van der Waals surface area (Å²) in [7, 11) is 0. The average Bonchev–Trinajstić information content (AvgIpc) is 2.38. The van der Waals surface area contributed by atoms with Crippen molar-refractivity contribution in [1.29, 1.82) is 0 Å². The van der Waals surface area contributed by atoms with Crippen molar-refractivity contribution in [2.75, 3.05) is 24.6 Å². The second-order valence-electron chi connectivity index (χ2n) is 4.85. The smallest absolute Gasteiger partial charge is 0.0748 e. The Labute approximate surface area is 117 Å². The SMILES string of the molecule is CCC1CN(c2ccc([C@H](C)N)cc2Br)CCO1. The van der Waals surface area contributed by atoms with Gasteiger partial charge in [-0.05, 0) is 47.0 Å². The summed E-state index contributed by atoms with van der Waals surface area (Å²) in [6.45, 7) is 6.89. The Morgan fingerprint density at radius 2 is 2.33 bits per heavy atom. The van der Waals surface area contributed by atoms with Gasteiger partial charge in [0.2, 0.25) is 0 Å². The quantitative estimate of drug-likeness (QED) is 0.932. The lowest BCUT2D eigenvalue weighted by Gasteiger charge is -2.34. The molecule has 4 heteroatoms. The summed E-state index contributed by atoms with van der Waals surface area (Å²) >= 11 is 3.65. The predicted octanol–water partition coefficient (Wildman–Crippen LogP) is 3.08. The van der Waals surface area contributed by atoms with Crippen molar-refractivity contribution in [3.63, 3.8) is 0 Å². The lowest BCUT2D eigenvalue weighted by molar-refractivity contribution is 0.0384. The summed E-state index contributed by atoms with van der Waals surface area (Å²) in [5, 5.41) is 0. The van der Waals surface area contributed by atoms with E-state index in [9.17, 15) is 0 Å². The van der Waals surface area contributed by atoms with Gasteiger partial charge >= 0.3 is 0 Å². The van der Waals surface area contributed by atoms with Crippen LogP contribution in [0, 0.1) is 0 Å². The minimum atomic E-state index is 0.0726. The molecule has 1 aromatic carbocycles. The van der Waals surface area contributed by atoms with Gasteiger partial charge in [0, 0.05) is 23.6 Å². The zero-order valence-corrected chi connectivity index (χ0v) is 12.6. The van der Waals surface area contributed by atoms with Crippen LogP contribution in [0.4, 0.5) is 5.69 Å². The summed E-state index contributed by atoms with van der Waals surface area (Å²) in [4.78, 5) is 2.38. The highest BCUT2D eigenvalue weighted by Crippen LogP contribution is 2.30. The Hall–Kier alpha value is -0.580. The maximum Gasteiger partial charge on any atom is 0.0748 e. The first-order chi connectivity index (χ1) is 8.61. The molecular formula is C14H21BrN2O. The lowest BCUT2D eigenvalue weighted by atomic mass is 10.1. The zero-order valence-electron chi connectivity index (χ0n) is 11.0. The minimum Gasteiger partial charge on any atom is -0.375 e. The van der Waals surface area contributed by atoms with E-state index in [2.05, 4.69) is 46.0 Å². The summed E-state index contributed by atoms with van der Waals surface area (Å²) in [6, 6.07) is 6.46. The second kappa shape index (κ2) is 6.04. The number of anilines is 1. The van der Waals surface area contributed by atoms with Crippen molar-refractivity contribution in [2.45, 2.75) is 32.4 Å². The maximum atomic E-state index is 5.90. The maximum absolute atomic E-state index is 5.90. The van der Waals surface area contributed by atoms with Crippen molar-refractivity contribution < 1.29 is 4.74 Å².